The van der Waals surface area contributed by atoms with Gasteiger partial charge >= 0.3 is 12.2 Å². The first-order chi connectivity index (χ1) is 12.4. The fourth-order valence-corrected chi connectivity index (χ4v) is 4.55. The number of carbonyl (C=O) groups excluding carboxylic acids is 1. The van der Waals surface area contributed by atoms with Gasteiger partial charge in [0.15, 0.2) is 6.10 Å². The van der Waals surface area contributed by atoms with Crippen LogP contribution in [0.2, 0.25) is 0 Å². The van der Waals surface area contributed by atoms with Crippen molar-refractivity contribution in [2.45, 2.75) is 59.8 Å². The van der Waals surface area contributed by atoms with Gasteiger partial charge in [-0.25, -0.2) is 20.0 Å². The summed E-state index contributed by atoms with van der Waals surface area (Å²) in [6, 6.07) is 9.71. The van der Waals surface area contributed by atoms with E-state index in [-0.39, 0.29) is 6.61 Å². The van der Waals surface area contributed by atoms with Gasteiger partial charge in [-0.15, -0.1) is 0 Å². The molecule has 1 heterocycles. The number of hydrogen-bond acceptors (Lipinski definition) is 4. The van der Waals surface area contributed by atoms with E-state index in [1.807, 2.05) is 71.9 Å². The summed E-state index contributed by atoms with van der Waals surface area (Å²) >= 11 is 0. The second-order valence-corrected chi connectivity index (χ2v) is 8.89. The van der Waals surface area contributed by atoms with E-state index in [4.69, 9.17) is 9.47 Å². The summed E-state index contributed by atoms with van der Waals surface area (Å²) in [5.41, 5.74) is 1.32. The number of cyclic esters (lactones) is 1. The van der Waals surface area contributed by atoms with Crippen LogP contribution in [-0.4, -0.2) is 40.6 Å². The van der Waals surface area contributed by atoms with Crippen molar-refractivity contribution in [2.24, 2.45) is 10.8 Å². The highest BCUT2D eigenvalue weighted by atomic mass is 16.6. The maximum Gasteiger partial charge on any atom is 0.429 e. The molecule has 2 amide bonds. The van der Waals surface area contributed by atoms with Crippen molar-refractivity contribution >= 4 is 12.2 Å². The van der Waals surface area contributed by atoms with E-state index in [0.717, 1.165) is 10.6 Å². The molecule has 2 N–H and O–H groups in total. The van der Waals surface area contributed by atoms with Crippen LogP contribution in [-0.2, 0) is 16.1 Å². The molecule has 1 aliphatic heterocycles. The molecule has 1 aliphatic rings. The maximum absolute atomic E-state index is 12.6. The highest BCUT2D eigenvalue weighted by Gasteiger charge is 2.67. The molecule has 7 heteroatoms. The topological polar surface area (TPSA) is 88.1 Å². The minimum Gasteiger partial charge on any atom is -0.464 e. The van der Waals surface area contributed by atoms with Crippen molar-refractivity contribution in [2.75, 3.05) is 6.61 Å². The number of nitrogens with one attached hydrogen (secondary N) is 1. The minimum absolute atomic E-state index is 0.160. The van der Waals surface area contributed by atoms with Crippen LogP contribution in [0.4, 0.5) is 9.59 Å². The van der Waals surface area contributed by atoms with E-state index in [2.05, 4.69) is 5.43 Å². The third-order valence-electron chi connectivity index (χ3n) is 5.12. The molecule has 0 saturated carbocycles. The molecule has 1 saturated heterocycles. The minimum atomic E-state index is -1.31. The molecule has 7 nitrogen and oxygen atoms in total. The summed E-state index contributed by atoms with van der Waals surface area (Å²) < 4.78 is 11.5. The number of benzene rings is 1. The Balaban J connectivity index is 2.35. The number of hydrazine groups is 1. The van der Waals surface area contributed by atoms with Gasteiger partial charge in [0.1, 0.15) is 5.54 Å². The monoisotopic (exact) mass is 378 g/mol. The Morgan fingerprint density at radius 1 is 1.19 bits per heavy atom. The van der Waals surface area contributed by atoms with Gasteiger partial charge in [-0.2, -0.15) is 0 Å². The van der Waals surface area contributed by atoms with Crippen molar-refractivity contribution < 1.29 is 24.2 Å². The van der Waals surface area contributed by atoms with Crippen LogP contribution in [0, 0.1) is 10.8 Å². The molecule has 1 aromatic rings. The van der Waals surface area contributed by atoms with Gasteiger partial charge in [0.05, 0.1) is 13.2 Å². The van der Waals surface area contributed by atoms with Gasteiger partial charge in [-0.05, 0) is 16.4 Å². The molecule has 2 rings (SSSR count). The molecule has 0 unspecified atom stereocenters. The van der Waals surface area contributed by atoms with Crippen LogP contribution in [0.3, 0.4) is 0 Å². The van der Waals surface area contributed by atoms with Crippen molar-refractivity contribution in [3.8, 4) is 0 Å². The molecule has 150 valence electrons. The van der Waals surface area contributed by atoms with Crippen LogP contribution in [0.5, 0.6) is 0 Å². The SMILES string of the molecule is CC(C)(C)C1(C(C)(C)C)[C@H](COCc2ccccc2)OC(=O)N1NC(=O)O. The Labute approximate surface area is 160 Å². The van der Waals surface area contributed by atoms with E-state index in [1.165, 1.54) is 0 Å². The third kappa shape index (κ3) is 3.88. The van der Waals surface area contributed by atoms with E-state index in [1.54, 1.807) is 0 Å². The molecule has 1 atom stereocenters. The molecule has 27 heavy (non-hydrogen) atoms. The molecule has 0 radical (unpaired) electrons. The second kappa shape index (κ2) is 7.38. The number of rotatable bonds is 5. The molecule has 0 aromatic heterocycles. The number of nitrogens with zero attached hydrogens (tertiary/aromatic N) is 1. The quantitative estimate of drug-likeness (QED) is 0.807. The Kier molecular flexibility index (Phi) is 5.75. The summed E-state index contributed by atoms with van der Waals surface area (Å²) in [7, 11) is 0. The molecule has 0 spiro atoms. The third-order valence-corrected chi connectivity index (χ3v) is 5.12. The van der Waals surface area contributed by atoms with Gasteiger partial charge in [-0.3, -0.25) is 0 Å². The zero-order valence-electron chi connectivity index (χ0n) is 16.9. The lowest BCUT2D eigenvalue weighted by molar-refractivity contribution is -0.115. The van der Waals surface area contributed by atoms with Crippen molar-refractivity contribution in [3.05, 3.63) is 35.9 Å². The Hall–Kier alpha value is -2.28. The molecular formula is C20H30N2O5. The highest BCUT2D eigenvalue weighted by Crippen LogP contribution is 2.53. The molecule has 0 bridgehead atoms. The summed E-state index contributed by atoms with van der Waals surface area (Å²) in [5.74, 6) is 0. The van der Waals surface area contributed by atoms with Crippen LogP contribution in [0.1, 0.15) is 47.1 Å². The first-order valence-corrected chi connectivity index (χ1v) is 9.03. The van der Waals surface area contributed by atoms with Crippen molar-refractivity contribution in [1.82, 2.24) is 10.4 Å². The Bertz CT molecular complexity index is 662. The normalized spacial score (nSPS) is 19.7. The summed E-state index contributed by atoms with van der Waals surface area (Å²) in [5, 5.41) is 10.4. The highest BCUT2D eigenvalue weighted by molar-refractivity contribution is 5.76. The van der Waals surface area contributed by atoms with Gasteiger partial charge in [-0.1, -0.05) is 71.9 Å². The van der Waals surface area contributed by atoms with E-state index in [9.17, 15) is 14.7 Å². The zero-order valence-corrected chi connectivity index (χ0v) is 16.9. The number of carbonyl (C=O) groups is 2. The molecule has 1 fully saturated rings. The molecular weight excluding hydrogens is 348 g/mol. The van der Waals surface area contributed by atoms with Crippen LogP contribution in [0.15, 0.2) is 30.3 Å². The van der Waals surface area contributed by atoms with Gasteiger partial charge in [0.25, 0.3) is 0 Å². The lowest BCUT2D eigenvalue weighted by Gasteiger charge is -2.55. The number of amides is 2. The lowest BCUT2D eigenvalue weighted by atomic mass is 9.57. The van der Waals surface area contributed by atoms with Crippen LogP contribution >= 0.6 is 0 Å². The van der Waals surface area contributed by atoms with E-state index < -0.39 is 34.7 Å². The van der Waals surface area contributed by atoms with E-state index in [0.29, 0.717) is 6.61 Å². The second-order valence-electron chi connectivity index (χ2n) is 8.89. The van der Waals surface area contributed by atoms with Crippen molar-refractivity contribution in [3.63, 3.8) is 0 Å². The van der Waals surface area contributed by atoms with Gasteiger partial charge in [0, 0.05) is 0 Å². The maximum atomic E-state index is 12.6. The number of hydrogen-bond donors (Lipinski definition) is 2. The largest absolute Gasteiger partial charge is 0.464 e. The van der Waals surface area contributed by atoms with E-state index >= 15 is 0 Å². The summed E-state index contributed by atoms with van der Waals surface area (Å²) in [6.07, 6.45) is -2.66. The standard InChI is InChI=1S/C20H30N2O5/c1-18(2,3)20(19(4,5)6)15(27-17(25)22(20)21-16(23)24)13-26-12-14-10-8-7-9-11-14/h7-11,15,21H,12-13H2,1-6H3,(H,23,24)/t15-/m0/s1. The number of carboxylic acid groups (broad SMARTS) is 1. The molecule has 1 aromatic carbocycles. The summed E-state index contributed by atoms with van der Waals surface area (Å²) in [4.78, 5) is 23.9. The lowest BCUT2D eigenvalue weighted by Crippen LogP contribution is -2.71. The fourth-order valence-electron chi connectivity index (χ4n) is 4.55. The predicted octanol–water partition coefficient (Wildman–Crippen LogP) is 4.04. The Morgan fingerprint density at radius 3 is 2.22 bits per heavy atom. The predicted molar refractivity (Wildman–Crippen MR) is 101 cm³/mol. The van der Waals surface area contributed by atoms with Gasteiger partial charge in [0.2, 0.25) is 0 Å². The first kappa shape index (κ1) is 21.0. The smallest absolute Gasteiger partial charge is 0.429 e. The Morgan fingerprint density at radius 2 is 1.74 bits per heavy atom. The fraction of sp³-hybridized carbons (Fsp3) is 0.600. The number of ether oxygens (including phenoxy) is 2. The van der Waals surface area contributed by atoms with Crippen LogP contribution in [0.25, 0.3) is 0 Å². The molecule has 0 aliphatic carbocycles. The first-order valence-electron chi connectivity index (χ1n) is 9.03. The van der Waals surface area contributed by atoms with Gasteiger partial charge < -0.3 is 14.6 Å². The average molecular weight is 378 g/mol. The summed E-state index contributed by atoms with van der Waals surface area (Å²) in [6.45, 7) is 12.4. The van der Waals surface area contributed by atoms with Crippen molar-refractivity contribution in [1.29, 1.82) is 0 Å². The van der Waals surface area contributed by atoms with Crippen LogP contribution < -0.4 is 5.43 Å². The zero-order chi connectivity index (χ0) is 20.5. The average Bonchev–Trinajstić information content (AvgIpc) is 2.80.